The second kappa shape index (κ2) is 8.94. The van der Waals surface area contributed by atoms with Gasteiger partial charge in [-0.05, 0) is 74.4 Å². The minimum Gasteiger partial charge on any atom is -0.368 e. The van der Waals surface area contributed by atoms with E-state index in [9.17, 15) is 18.0 Å². The van der Waals surface area contributed by atoms with Crippen molar-refractivity contribution < 1.29 is 18.0 Å². The molecule has 1 aliphatic heterocycles. The molecule has 3 aromatic heterocycles. The number of likely N-dealkylation sites (tertiary alicyclic amines) is 1. The molecule has 3 aromatic rings. The first-order valence-electron chi connectivity index (χ1n) is 11.7. The molecule has 0 radical (unpaired) electrons. The van der Waals surface area contributed by atoms with Gasteiger partial charge in [-0.25, -0.2) is 9.97 Å². The summed E-state index contributed by atoms with van der Waals surface area (Å²) >= 11 is 0. The molecule has 1 aliphatic carbocycles. The van der Waals surface area contributed by atoms with E-state index in [0.29, 0.717) is 42.0 Å². The van der Waals surface area contributed by atoms with E-state index in [1.807, 2.05) is 43.0 Å². The van der Waals surface area contributed by atoms with Gasteiger partial charge in [0.25, 0.3) is 5.91 Å². The molecule has 1 amide bonds. The lowest BCUT2D eigenvalue weighted by atomic mass is 9.99. The average molecular weight is 482 g/mol. The highest BCUT2D eigenvalue weighted by Gasteiger charge is 2.47. The Balaban J connectivity index is 1.39. The minimum absolute atomic E-state index is 0.115. The van der Waals surface area contributed by atoms with Gasteiger partial charge < -0.3 is 10.2 Å². The Morgan fingerprint density at radius 1 is 1.09 bits per heavy atom. The van der Waals surface area contributed by atoms with Crippen LogP contribution in [0.1, 0.15) is 40.2 Å². The van der Waals surface area contributed by atoms with E-state index in [1.165, 1.54) is 6.07 Å². The molecule has 1 saturated heterocycles. The Morgan fingerprint density at radius 2 is 1.91 bits per heavy atom. The number of rotatable bonds is 5. The van der Waals surface area contributed by atoms with Crippen LogP contribution in [-0.4, -0.2) is 44.9 Å². The van der Waals surface area contributed by atoms with Crippen molar-refractivity contribution in [1.29, 1.82) is 0 Å². The lowest BCUT2D eigenvalue weighted by Gasteiger charge is -2.36. The summed E-state index contributed by atoms with van der Waals surface area (Å²) in [6.07, 6.45) is 0.0285. The Hall–Kier alpha value is -3.49. The molecule has 1 saturated carbocycles. The number of anilines is 1. The maximum atomic E-state index is 13.9. The van der Waals surface area contributed by atoms with Gasteiger partial charge in [-0.1, -0.05) is 6.07 Å². The van der Waals surface area contributed by atoms with Crippen LogP contribution in [-0.2, 0) is 6.18 Å². The van der Waals surface area contributed by atoms with Gasteiger partial charge in [0.05, 0.1) is 11.3 Å². The summed E-state index contributed by atoms with van der Waals surface area (Å²) < 4.78 is 38.5. The summed E-state index contributed by atoms with van der Waals surface area (Å²) in [7, 11) is 0. The summed E-state index contributed by atoms with van der Waals surface area (Å²) in [6.45, 7) is 4.85. The third-order valence-corrected chi connectivity index (χ3v) is 6.89. The smallest absolute Gasteiger partial charge is 0.368 e. The number of nitrogens with one attached hydrogen (secondary N) is 1. The molecule has 0 bridgehead atoms. The Labute approximate surface area is 201 Å². The third kappa shape index (κ3) is 4.85. The van der Waals surface area contributed by atoms with Gasteiger partial charge in [0.15, 0.2) is 0 Å². The molecule has 182 valence electrons. The van der Waals surface area contributed by atoms with E-state index >= 15 is 0 Å². The first-order chi connectivity index (χ1) is 16.7. The number of nitrogens with zero attached hydrogens (tertiary/aromatic N) is 4. The standard InChI is InChI=1S/C26H26F3N5O/c1-15-4-3-9-30-23(15)21-7-5-16(2)33-24(21)25(35)34-14-18-10-17(18)11-20(34)13-32-22-8-6-19(12-31-22)26(27,28)29/h3-9,12,17-18,20H,10-11,13-14H2,1-2H3,(H,31,32)/t17-,18+,20?/m1/s1. The zero-order chi connectivity index (χ0) is 24.7. The fourth-order valence-electron chi connectivity index (χ4n) is 4.85. The molecular weight excluding hydrogens is 455 g/mol. The second-order valence-electron chi connectivity index (χ2n) is 9.43. The molecule has 2 aliphatic rings. The number of fused-ring (bicyclic) bond motifs is 1. The second-order valence-corrected chi connectivity index (χ2v) is 9.43. The van der Waals surface area contributed by atoms with Crippen LogP contribution in [0.5, 0.6) is 0 Å². The zero-order valence-corrected chi connectivity index (χ0v) is 19.5. The van der Waals surface area contributed by atoms with E-state index in [1.54, 1.807) is 6.20 Å². The number of aromatic nitrogens is 3. The number of hydrogen-bond acceptors (Lipinski definition) is 5. The van der Waals surface area contributed by atoms with Crippen LogP contribution in [0.3, 0.4) is 0 Å². The maximum Gasteiger partial charge on any atom is 0.417 e. The normalized spacial score (nSPS) is 21.4. The lowest BCUT2D eigenvalue weighted by molar-refractivity contribution is -0.137. The Morgan fingerprint density at radius 3 is 2.63 bits per heavy atom. The molecule has 1 N–H and O–H groups in total. The summed E-state index contributed by atoms with van der Waals surface area (Å²) in [5.41, 5.74) is 2.72. The van der Waals surface area contributed by atoms with Crippen molar-refractivity contribution in [3.05, 3.63) is 71.3 Å². The molecule has 1 unspecified atom stereocenters. The van der Waals surface area contributed by atoms with Crippen molar-refractivity contribution in [2.24, 2.45) is 11.8 Å². The predicted octanol–water partition coefficient (Wildman–Crippen LogP) is 5.14. The Kier molecular flexibility index (Phi) is 5.94. The number of aryl methyl sites for hydroxylation is 2. The van der Waals surface area contributed by atoms with E-state index in [2.05, 4.69) is 20.3 Å². The van der Waals surface area contributed by atoms with Gasteiger partial charge in [0.2, 0.25) is 0 Å². The number of hydrogen-bond donors (Lipinski definition) is 1. The molecule has 5 rings (SSSR count). The monoisotopic (exact) mass is 481 g/mol. The van der Waals surface area contributed by atoms with Crippen molar-refractivity contribution in [3.8, 4) is 11.3 Å². The van der Waals surface area contributed by atoms with Crippen LogP contribution in [0.2, 0.25) is 0 Å². The zero-order valence-electron chi connectivity index (χ0n) is 19.5. The first kappa shape index (κ1) is 23.3. The fourth-order valence-corrected chi connectivity index (χ4v) is 4.85. The van der Waals surface area contributed by atoms with Gasteiger partial charge in [-0.15, -0.1) is 0 Å². The SMILES string of the molecule is Cc1ccc(-c2ncccc2C)c(C(=O)N2C[C@@H]3C[C@@H]3CC2CNc2ccc(C(F)(F)F)cn2)n1. The average Bonchev–Trinajstić information content (AvgIpc) is 3.60. The molecule has 35 heavy (non-hydrogen) atoms. The van der Waals surface area contributed by atoms with Crippen molar-refractivity contribution in [3.63, 3.8) is 0 Å². The maximum absolute atomic E-state index is 13.9. The predicted molar refractivity (Wildman–Crippen MR) is 126 cm³/mol. The highest BCUT2D eigenvalue weighted by molar-refractivity contribution is 5.99. The highest BCUT2D eigenvalue weighted by atomic mass is 19.4. The molecule has 4 heterocycles. The highest BCUT2D eigenvalue weighted by Crippen LogP contribution is 2.47. The number of piperidine rings is 1. The van der Waals surface area contributed by atoms with Crippen molar-refractivity contribution in [2.75, 3.05) is 18.4 Å². The fraction of sp³-hybridized carbons (Fsp3) is 0.385. The first-order valence-corrected chi connectivity index (χ1v) is 11.7. The van der Waals surface area contributed by atoms with Gasteiger partial charge >= 0.3 is 6.18 Å². The van der Waals surface area contributed by atoms with Crippen molar-refractivity contribution in [1.82, 2.24) is 19.9 Å². The summed E-state index contributed by atoms with van der Waals surface area (Å²) in [4.78, 5) is 28.8. The van der Waals surface area contributed by atoms with Crippen LogP contribution in [0.25, 0.3) is 11.3 Å². The third-order valence-electron chi connectivity index (χ3n) is 6.89. The molecule has 0 spiro atoms. The van der Waals surface area contributed by atoms with E-state index in [4.69, 9.17) is 0 Å². The van der Waals surface area contributed by atoms with Gasteiger partial charge in [0.1, 0.15) is 11.5 Å². The van der Waals surface area contributed by atoms with Gasteiger partial charge in [0, 0.05) is 42.8 Å². The van der Waals surface area contributed by atoms with Crippen LogP contribution in [0, 0.1) is 25.7 Å². The Bertz CT molecular complexity index is 1240. The molecule has 3 atom stereocenters. The quantitative estimate of drug-likeness (QED) is 0.547. The van der Waals surface area contributed by atoms with E-state index < -0.39 is 11.7 Å². The van der Waals surface area contributed by atoms with E-state index in [-0.39, 0.29) is 11.9 Å². The summed E-state index contributed by atoms with van der Waals surface area (Å²) in [6, 6.07) is 9.80. The number of amides is 1. The molecule has 0 aromatic carbocycles. The number of halogens is 3. The van der Waals surface area contributed by atoms with Crippen LogP contribution in [0.15, 0.2) is 48.8 Å². The number of carbonyl (C=O) groups excluding carboxylic acids is 1. The summed E-state index contributed by atoms with van der Waals surface area (Å²) in [5, 5.41) is 3.13. The topological polar surface area (TPSA) is 71.0 Å². The molecule has 9 heteroatoms. The van der Waals surface area contributed by atoms with Gasteiger partial charge in [-0.2, -0.15) is 13.2 Å². The molecule has 6 nitrogen and oxygen atoms in total. The number of pyridine rings is 3. The van der Waals surface area contributed by atoms with Crippen molar-refractivity contribution >= 4 is 11.7 Å². The summed E-state index contributed by atoms with van der Waals surface area (Å²) in [5.74, 6) is 1.27. The molecule has 2 fully saturated rings. The minimum atomic E-state index is -4.43. The van der Waals surface area contributed by atoms with Crippen LogP contribution in [0.4, 0.5) is 19.0 Å². The molecular formula is C26H26F3N5O. The van der Waals surface area contributed by atoms with Gasteiger partial charge in [-0.3, -0.25) is 9.78 Å². The number of carbonyl (C=O) groups is 1. The van der Waals surface area contributed by atoms with E-state index in [0.717, 1.165) is 42.1 Å². The number of alkyl halides is 3. The van der Waals surface area contributed by atoms with Crippen molar-refractivity contribution in [2.45, 2.75) is 38.9 Å². The van der Waals surface area contributed by atoms with Crippen LogP contribution >= 0.6 is 0 Å². The lowest BCUT2D eigenvalue weighted by Crippen LogP contribution is -2.48. The van der Waals surface area contributed by atoms with Crippen LogP contribution < -0.4 is 5.32 Å². The largest absolute Gasteiger partial charge is 0.417 e.